The van der Waals surface area contributed by atoms with E-state index in [0.717, 1.165) is 36.5 Å². The molecule has 1 aromatic heterocycles. The molecular weight excluding hydrogens is 338 g/mol. The Morgan fingerprint density at radius 2 is 1.93 bits per heavy atom. The maximum absolute atomic E-state index is 12.9. The fourth-order valence-corrected chi connectivity index (χ4v) is 5.98. The molecule has 3 atom stereocenters. The second-order valence-corrected chi connectivity index (χ2v) is 8.67. The molecule has 1 fully saturated rings. The van der Waals surface area contributed by atoms with Gasteiger partial charge in [0.15, 0.2) is 5.78 Å². The second kappa shape index (κ2) is 4.77. The summed E-state index contributed by atoms with van der Waals surface area (Å²) in [7, 11) is 0. The van der Waals surface area contributed by atoms with Gasteiger partial charge in [-0.2, -0.15) is 0 Å². The monoisotopic (exact) mass is 361 g/mol. The average Bonchev–Trinajstić information content (AvgIpc) is 3.13. The molecule has 1 unspecified atom stereocenters. The summed E-state index contributed by atoms with van der Waals surface area (Å²) in [5.41, 5.74) is 7.84. The van der Waals surface area contributed by atoms with Crippen LogP contribution in [0, 0.1) is 17.8 Å². The highest BCUT2D eigenvalue weighted by Crippen LogP contribution is 2.78. The zero-order valence-corrected chi connectivity index (χ0v) is 15.9. The highest BCUT2D eigenvalue weighted by Gasteiger charge is 2.78. The first kappa shape index (κ1) is 16.5. The minimum Gasteiger partial charge on any atom is -0.365 e. The molecule has 0 aliphatic heterocycles. The van der Waals surface area contributed by atoms with Gasteiger partial charge >= 0.3 is 0 Å². The van der Waals surface area contributed by atoms with Crippen LogP contribution in [0.1, 0.15) is 43.9 Å². The summed E-state index contributed by atoms with van der Waals surface area (Å²) in [5.74, 6) is 0.210. The number of hydrogen-bond donors (Lipinski definition) is 1. The number of aromatic nitrogens is 2. The number of aryl methyl sites for hydroxylation is 1. The van der Waals surface area contributed by atoms with Gasteiger partial charge in [-0.05, 0) is 50.7 Å². The number of para-hydroxylation sites is 1. The molecular formula is C22H23N3O2. The molecule has 3 aliphatic carbocycles. The van der Waals surface area contributed by atoms with Gasteiger partial charge in [-0.1, -0.05) is 31.2 Å². The SMILES string of the molecule is Cc1nc2c(n1-c1ccccc1)CC[C@@]13CC1(C)C(=O)C(C(N)=O)=C[C@]23C. The lowest BCUT2D eigenvalue weighted by Crippen LogP contribution is -2.47. The number of Topliss-reactive ketones (excluding diaryl/α,β-unsaturated/α-hetero) is 1. The minimum absolute atomic E-state index is 0.0878. The van der Waals surface area contributed by atoms with Gasteiger partial charge in [0.05, 0.1) is 11.3 Å². The van der Waals surface area contributed by atoms with Crippen LogP contribution in [0.15, 0.2) is 42.0 Å². The Labute approximate surface area is 158 Å². The lowest BCUT2D eigenvalue weighted by molar-refractivity contribution is -0.126. The van der Waals surface area contributed by atoms with E-state index in [2.05, 4.69) is 23.6 Å². The molecule has 3 aliphatic rings. The van der Waals surface area contributed by atoms with E-state index in [9.17, 15) is 9.59 Å². The molecule has 0 bridgehead atoms. The van der Waals surface area contributed by atoms with E-state index in [4.69, 9.17) is 10.7 Å². The number of carbonyl (C=O) groups is 2. The molecule has 27 heavy (non-hydrogen) atoms. The number of fused-ring (bicyclic) bond motifs is 2. The van der Waals surface area contributed by atoms with E-state index in [1.165, 1.54) is 5.69 Å². The van der Waals surface area contributed by atoms with Crippen LogP contribution in [0.3, 0.4) is 0 Å². The van der Waals surface area contributed by atoms with Crippen LogP contribution in [0.5, 0.6) is 0 Å². The van der Waals surface area contributed by atoms with Crippen LogP contribution in [0.25, 0.3) is 5.69 Å². The topological polar surface area (TPSA) is 78.0 Å². The first-order chi connectivity index (χ1) is 12.8. The highest BCUT2D eigenvalue weighted by molar-refractivity contribution is 6.23. The van der Waals surface area contributed by atoms with Crippen molar-refractivity contribution in [1.82, 2.24) is 9.55 Å². The Balaban J connectivity index is 1.77. The smallest absolute Gasteiger partial charge is 0.252 e. The zero-order chi connectivity index (χ0) is 19.2. The predicted octanol–water partition coefficient (Wildman–Crippen LogP) is 2.78. The van der Waals surface area contributed by atoms with Crippen LogP contribution in [0.4, 0.5) is 0 Å². The second-order valence-electron chi connectivity index (χ2n) is 8.67. The third-order valence-electron chi connectivity index (χ3n) is 7.46. The largest absolute Gasteiger partial charge is 0.365 e. The van der Waals surface area contributed by atoms with Crippen LogP contribution < -0.4 is 5.73 Å². The number of primary amides is 1. The van der Waals surface area contributed by atoms with Crippen molar-refractivity contribution < 1.29 is 9.59 Å². The lowest BCUT2D eigenvalue weighted by Gasteiger charge is -2.45. The predicted molar refractivity (Wildman–Crippen MR) is 101 cm³/mol. The molecule has 1 spiro atoms. The van der Waals surface area contributed by atoms with Crippen molar-refractivity contribution in [3.63, 3.8) is 0 Å². The van der Waals surface area contributed by atoms with Gasteiger partial charge in [-0.15, -0.1) is 0 Å². The molecule has 0 saturated heterocycles. The fourth-order valence-electron chi connectivity index (χ4n) is 5.98. The Morgan fingerprint density at radius 1 is 1.22 bits per heavy atom. The number of amides is 1. The molecule has 1 amide bonds. The summed E-state index contributed by atoms with van der Waals surface area (Å²) in [6.45, 7) is 6.14. The molecule has 2 aromatic rings. The highest BCUT2D eigenvalue weighted by atomic mass is 16.2. The third-order valence-corrected chi connectivity index (χ3v) is 7.46. The molecule has 5 heteroatoms. The maximum Gasteiger partial charge on any atom is 0.252 e. The van der Waals surface area contributed by atoms with Crippen molar-refractivity contribution >= 4 is 11.7 Å². The molecule has 2 N–H and O–H groups in total. The summed E-state index contributed by atoms with van der Waals surface area (Å²) in [5, 5.41) is 0. The van der Waals surface area contributed by atoms with Crippen LogP contribution >= 0.6 is 0 Å². The summed E-state index contributed by atoms with van der Waals surface area (Å²) >= 11 is 0. The summed E-state index contributed by atoms with van der Waals surface area (Å²) in [6, 6.07) is 10.2. The zero-order valence-electron chi connectivity index (χ0n) is 15.9. The number of allylic oxidation sites excluding steroid dienone is 1. The number of imidazole rings is 1. The van der Waals surface area contributed by atoms with E-state index in [1.807, 2.05) is 38.1 Å². The average molecular weight is 361 g/mol. The van der Waals surface area contributed by atoms with Crippen LogP contribution in [0.2, 0.25) is 0 Å². The van der Waals surface area contributed by atoms with Crippen molar-refractivity contribution in [1.29, 1.82) is 0 Å². The third kappa shape index (κ3) is 1.73. The quantitative estimate of drug-likeness (QED) is 0.836. The number of rotatable bonds is 2. The Hall–Kier alpha value is -2.69. The number of ketones is 1. The van der Waals surface area contributed by atoms with Gasteiger partial charge in [0, 0.05) is 22.2 Å². The Kier molecular flexibility index (Phi) is 2.91. The van der Waals surface area contributed by atoms with Crippen molar-refractivity contribution in [3.8, 4) is 5.69 Å². The van der Waals surface area contributed by atoms with Gasteiger partial charge in [0.25, 0.3) is 5.91 Å². The van der Waals surface area contributed by atoms with E-state index >= 15 is 0 Å². The minimum atomic E-state index is -0.630. The van der Waals surface area contributed by atoms with Gasteiger partial charge in [0.1, 0.15) is 5.82 Å². The number of hydrogen-bond acceptors (Lipinski definition) is 3. The van der Waals surface area contributed by atoms with E-state index in [1.54, 1.807) is 0 Å². The Morgan fingerprint density at radius 3 is 2.59 bits per heavy atom. The number of benzene rings is 1. The standard InChI is InChI=1S/C22H23N3O2/c1-13-24-17-16(25(13)14-7-5-4-6-8-14)9-10-22-12-21(22,3)18(26)15(19(23)27)11-20(17,22)2/h4-8,11H,9-10,12H2,1-3H3,(H2,23,27)/t20-,21?,22+/m1/s1. The molecule has 1 aromatic carbocycles. The summed E-state index contributed by atoms with van der Waals surface area (Å²) in [6.07, 6.45) is 4.41. The number of nitrogens with two attached hydrogens (primary N) is 1. The number of carbonyl (C=O) groups excluding carboxylic acids is 2. The van der Waals surface area contributed by atoms with Gasteiger partial charge in [-0.3, -0.25) is 9.59 Å². The summed E-state index contributed by atoms with van der Waals surface area (Å²) < 4.78 is 2.21. The van der Waals surface area contributed by atoms with Crippen molar-refractivity contribution in [2.24, 2.45) is 16.6 Å². The first-order valence-electron chi connectivity index (χ1n) is 9.47. The first-order valence-corrected chi connectivity index (χ1v) is 9.47. The molecule has 1 heterocycles. The van der Waals surface area contributed by atoms with Crippen molar-refractivity contribution in [3.05, 3.63) is 59.2 Å². The van der Waals surface area contributed by atoms with Crippen LogP contribution in [-0.4, -0.2) is 21.2 Å². The maximum atomic E-state index is 12.9. The molecule has 1 saturated carbocycles. The van der Waals surface area contributed by atoms with Gasteiger partial charge < -0.3 is 10.3 Å². The van der Waals surface area contributed by atoms with E-state index in [0.29, 0.717) is 0 Å². The van der Waals surface area contributed by atoms with Crippen molar-refractivity contribution in [2.45, 2.75) is 45.4 Å². The molecule has 0 radical (unpaired) electrons. The molecule has 5 rings (SSSR count). The normalized spacial score (nSPS) is 33.6. The van der Waals surface area contributed by atoms with E-state index < -0.39 is 16.7 Å². The Bertz CT molecular complexity index is 1050. The molecule has 5 nitrogen and oxygen atoms in total. The summed E-state index contributed by atoms with van der Waals surface area (Å²) in [4.78, 5) is 29.9. The van der Waals surface area contributed by atoms with Crippen LogP contribution in [-0.2, 0) is 21.4 Å². The fraction of sp³-hybridized carbons (Fsp3) is 0.409. The number of nitrogens with zero attached hydrogens (tertiary/aromatic N) is 2. The van der Waals surface area contributed by atoms with E-state index in [-0.39, 0.29) is 16.8 Å². The van der Waals surface area contributed by atoms with Gasteiger partial charge in [0.2, 0.25) is 0 Å². The van der Waals surface area contributed by atoms with Gasteiger partial charge in [-0.25, -0.2) is 4.98 Å². The molecule has 138 valence electrons. The lowest BCUT2D eigenvalue weighted by atomic mass is 9.57. The van der Waals surface area contributed by atoms with Crippen molar-refractivity contribution in [2.75, 3.05) is 0 Å².